The lowest BCUT2D eigenvalue weighted by Gasteiger charge is -2.15. The minimum atomic E-state index is 0.772. The molecule has 0 unspecified atom stereocenters. The van der Waals surface area contributed by atoms with E-state index in [1.165, 1.54) is 5.56 Å². The van der Waals surface area contributed by atoms with E-state index in [4.69, 9.17) is 11.6 Å². The minimum absolute atomic E-state index is 0.772. The van der Waals surface area contributed by atoms with Gasteiger partial charge in [0.15, 0.2) is 5.13 Å². The van der Waals surface area contributed by atoms with Gasteiger partial charge in [-0.2, -0.15) is 0 Å². The zero-order valence-electron chi connectivity index (χ0n) is 11.2. The average Bonchev–Trinajstić information content (AvgIpc) is 2.88. The van der Waals surface area contributed by atoms with Gasteiger partial charge >= 0.3 is 0 Å². The fourth-order valence-electron chi connectivity index (χ4n) is 1.74. The van der Waals surface area contributed by atoms with Crippen molar-refractivity contribution in [1.82, 2.24) is 10.3 Å². The molecule has 0 aliphatic carbocycles. The molecule has 0 amide bonds. The van der Waals surface area contributed by atoms with Crippen molar-refractivity contribution in [3.05, 3.63) is 45.9 Å². The number of halogens is 1. The zero-order chi connectivity index (χ0) is 13.7. The first kappa shape index (κ1) is 14.3. The van der Waals surface area contributed by atoms with Gasteiger partial charge in [0.1, 0.15) is 0 Å². The first-order valence-electron chi connectivity index (χ1n) is 6.29. The maximum absolute atomic E-state index is 5.89. The highest BCUT2D eigenvalue weighted by Gasteiger charge is 2.07. The standard InChI is InChI=1S/C14H18ClN3S/c1-3-16-8-13-10-19-14(17-13)18(2)9-11-4-6-12(15)7-5-11/h4-7,10,16H,3,8-9H2,1-2H3. The van der Waals surface area contributed by atoms with Crippen molar-refractivity contribution >= 4 is 28.1 Å². The smallest absolute Gasteiger partial charge is 0.185 e. The second-order valence-corrected chi connectivity index (χ2v) is 5.66. The van der Waals surface area contributed by atoms with E-state index in [1.807, 2.05) is 24.3 Å². The van der Waals surface area contributed by atoms with Crippen LogP contribution in [0.4, 0.5) is 5.13 Å². The van der Waals surface area contributed by atoms with E-state index in [1.54, 1.807) is 11.3 Å². The number of anilines is 1. The summed E-state index contributed by atoms with van der Waals surface area (Å²) in [7, 11) is 2.06. The summed E-state index contributed by atoms with van der Waals surface area (Å²) in [5.74, 6) is 0. The summed E-state index contributed by atoms with van der Waals surface area (Å²) >= 11 is 7.57. The molecule has 3 nitrogen and oxygen atoms in total. The molecular formula is C14H18ClN3S. The van der Waals surface area contributed by atoms with Crippen molar-refractivity contribution in [2.75, 3.05) is 18.5 Å². The molecule has 0 atom stereocenters. The molecular weight excluding hydrogens is 278 g/mol. The summed E-state index contributed by atoms with van der Waals surface area (Å²) in [5.41, 5.74) is 2.33. The SMILES string of the molecule is CCNCc1csc(N(C)Cc2ccc(Cl)cc2)n1. The van der Waals surface area contributed by atoms with Crippen LogP contribution < -0.4 is 10.2 Å². The molecule has 0 saturated heterocycles. The Labute approximate surface area is 123 Å². The van der Waals surface area contributed by atoms with Crippen molar-refractivity contribution in [1.29, 1.82) is 0 Å². The number of hydrogen-bond acceptors (Lipinski definition) is 4. The number of aromatic nitrogens is 1. The molecule has 102 valence electrons. The van der Waals surface area contributed by atoms with Gasteiger partial charge in [-0.25, -0.2) is 4.98 Å². The molecule has 0 spiro atoms. The molecule has 1 aromatic carbocycles. The summed E-state index contributed by atoms with van der Waals surface area (Å²) in [5, 5.41) is 7.21. The Hall–Kier alpha value is -1.10. The second kappa shape index (κ2) is 6.89. The maximum Gasteiger partial charge on any atom is 0.185 e. The lowest BCUT2D eigenvalue weighted by atomic mass is 10.2. The quantitative estimate of drug-likeness (QED) is 0.883. The fourth-order valence-corrected chi connectivity index (χ4v) is 2.66. The molecule has 1 heterocycles. The third kappa shape index (κ3) is 4.20. The van der Waals surface area contributed by atoms with E-state index in [0.29, 0.717) is 0 Å². The molecule has 0 aliphatic rings. The maximum atomic E-state index is 5.89. The van der Waals surface area contributed by atoms with E-state index in [-0.39, 0.29) is 0 Å². The molecule has 2 rings (SSSR count). The molecule has 5 heteroatoms. The van der Waals surface area contributed by atoms with Crippen LogP contribution in [-0.2, 0) is 13.1 Å². The van der Waals surface area contributed by atoms with Gasteiger partial charge in [-0.1, -0.05) is 30.7 Å². The van der Waals surface area contributed by atoms with Crippen molar-refractivity contribution in [2.45, 2.75) is 20.0 Å². The lowest BCUT2D eigenvalue weighted by molar-refractivity contribution is 0.713. The third-order valence-corrected chi connectivity index (χ3v) is 4.01. The van der Waals surface area contributed by atoms with Crippen molar-refractivity contribution < 1.29 is 0 Å². The van der Waals surface area contributed by atoms with E-state index in [2.05, 4.69) is 34.6 Å². The highest BCUT2D eigenvalue weighted by atomic mass is 35.5. The van der Waals surface area contributed by atoms with Gasteiger partial charge in [-0.15, -0.1) is 11.3 Å². The average molecular weight is 296 g/mol. The molecule has 2 aromatic rings. The van der Waals surface area contributed by atoms with Crippen LogP contribution >= 0.6 is 22.9 Å². The predicted molar refractivity (Wildman–Crippen MR) is 83.1 cm³/mol. The summed E-state index contributed by atoms with van der Waals surface area (Å²) < 4.78 is 0. The van der Waals surface area contributed by atoms with Gasteiger partial charge in [0.2, 0.25) is 0 Å². The zero-order valence-corrected chi connectivity index (χ0v) is 12.8. The topological polar surface area (TPSA) is 28.2 Å². The summed E-state index contributed by atoms with van der Waals surface area (Å²) in [6.45, 7) is 4.74. The monoisotopic (exact) mass is 295 g/mol. The third-order valence-electron chi connectivity index (χ3n) is 2.76. The van der Waals surface area contributed by atoms with Gasteiger partial charge in [0, 0.05) is 30.5 Å². The van der Waals surface area contributed by atoms with Crippen LogP contribution in [0, 0.1) is 0 Å². The number of benzene rings is 1. The van der Waals surface area contributed by atoms with Crippen LogP contribution in [0.2, 0.25) is 5.02 Å². The lowest BCUT2D eigenvalue weighted by Crippen LogP contribution is -2.17. The van der Waals surface area contributed by atoms with E-state index in [0.717, 1.165) is 35.5 Å². The van der Waals surface area contributed by atoms with Crippen LogP contribution in [0.25, 0.3) is 0 Å². The number of nitrogens with one attached hydrogen (secondary N) is 1. The van der Waals surface area contributed by atoms with Crippen molar-refractivity contribution in [3.8, 4) is 0 Å². The van der Waals surface area contributed by atoms with Gasteiger partial charge in [-0.3, -0.25) is 0 Å². The number of hydrogen-bond donors (Lipinski definition) is 1. The fraction of sp³-hybridized carbons (Fsp3) is 0.357. The van der Waals surface area contributed by atoms with Gasteiger partial charge in [-0.05, 0) is 24.2 Å². The van der Waals surface area contributed by atoms with Gasteiger partial charge in [0.05, 0.1) is 5.69 Å². The highest BCUT2D eigenvalue weighted by Crippen LogP contribution is 2.21. The summed E-state index contributed by atoms with van der Waals surface area (Å²) in [6.07, 6.45) is 0. The molecule has 19 heavy (non-hydrogen) atoms. The minimum Gasteiger partial charge on any atom is -0.347 e. The molecule has 1 N–H and O–H groups in total. The number of thiazole rings is 1. The van der Waals surface area contributed by atoms with Crippen LogP contribution in [0.15, 0.2) is 29.6 Å². The van der Waals surface area contributed by atoms with E-state index < -0.39 is 0 Å². The molecule has 0 radical (unpaired) electrons. The normalized spacial score (nSPS) is 10.7. The van der Waals surface area contributed by atoms with Crippen molar-refractivity contribution in [2.24, 2.45) is 0 Å². The predicted octanol–water partition coefficient (Wildman–Crippen LogP) is 3.54. The summed E-state index contributed by atoms with van der Waals surface area (Å²) in [4.78, 5) is 6.77. The van der Waals surface area contributed by atoms with Crippen LogP contribution in [0.1, 0.15) is 18.2 Å². The van der Waals surface area contributed by atoms with Gasteiger partial charge in [0.25, 0.3) is 0 Å². The van der Waals surface area contributed by atoms with E-state index >= 15 is 0 Å². The Morgan fingerprint density at radius 2 is 2.05 bits per heavy atom. The van der Waals surface area contributed by atoms with Gasteiger partial charge < -0.3 is 10.2 Å². The largest absolute Gasteiger partial charge is 0.347 e. The second-order valence-electron chi connectivity index (χ2n) is 4.38. The molecule has 0 saturated carbocycles. The molecule has 0 aliphatic heterocycles. The van der Waals surface area contributed by atoms with E-state index in [9.17, 15) is 0 Å². The molecule has 1 aromatic heterocycles. The first-order chi connectivity index (χ1) is 9.19. The highest BCUT2D eigenvalue weighted by molar-refractivity contribution is 7.13. The molecule has 0 bridgehead atoms. The molecule has 0 fully saturated rings. The Kier molecular flexibility index (Phi) is 5.19. The van der Waals surface area contributed by atoms with Crippen LogP contribution in [0.5, 0.6) is 0 Å². The summed E-state index contributed by atoms with van der Waals surface area (Å²) in [6, 6.07) is 7.93. The van der Waals surface area contributed by atoms with Crippen LogP contribution in [-0.4, -0.2) is 18.6 Å². The Balaban J connectivity index is 1.97. The first-order valence-corrected chi connectivity index (χ1v) is 7.55. The van der Waals surface area contributed by atoms with Crippen LogP contribution in [0.3, 0.4) is 0 Å². The van der Waals surface area contributed by atoms with Crippen molar-refractivity contribution in [3.63, 3.8) is 0 Å². The number of rotatable bonds is 6. The Bertz CT molecular complexity index is 510. The number of nitrogens with zero attached hydrogens (tertiary/aromatic N) is 2. The Morgan fingerprint density at radius 1 is 1.32 bits per heavy atom. The Morgan fingerprint density at radius 3 is 2.74 bits per heavy atom.